The monoisotopic (exact) mass is 354 g/mol. The number of hydrogen-bond donors (Lipinski definition) is 2. The Labute approximate surface area is 154 Å². The van der Waals surface area contributed by atoms with Gasteiger partial charge in [0, 0.05) is 44.8 Å². The molecule has 1 aromatic carbocycles. The number of carbonyl (C=O) groups excluding carboxylic acids is 1. The first-order valence-electron chi connectivity index (χ1n) is 8.72. The fourth-order valence-corrected chi connectivity index (χ4v) is 2.85. The Kier molecular flexibility index (Phi) is 7.92. The first-order chi connectivity index (χ1) is 12.6. The summed E-state index contributed by atoms with van der Waals surface area (Å²) in [6.07, 6.45) is 6.24. The molecule has 0 spiro atoms. The van der Waals surface area contributed by atoms with Crippen LogP contribution in [0.2, 0.25) is 0 Å². The van der Waals surface area contributed by atoms with Crippen molar-refractivity contribution in [2.24, 2.45) is 9.98 Å². The molecule has 0 saturated heterocycles. The summed E-state index contributed by atoms with van der Waals surface area (Å²) in [5, 5.41) is 13.0. The third-order valence-corrected chi connectivity index (χ3v) is 4.11. The van der Waals surface area contributed by atoms with E-state index < -0.39 is 6.10 Å². The standard InChI is InChI=1S/C20H26N4O2/c1-3-21-11-9-19(22-4-2)20(26)23-13-18(25)15-24-12-10-16-7-5-6-8-17(16)14-24/h3-9,11,18,25H,2,10,12-15H2,1H3,(H,23,26)/b11-9-,21-3?,22-19?/t18-/m0/s1. The maximum absolute atomic E-state index is 12.2. The van der Waals surface area contributed by atoms with E-state index in [1.807, 2.05) is 6.07 Å². The molecule has 1 aromatic rings. The number of hydrogen-bond acceptors (Lipinski definition) is 5. The molecule has 1 aliphatic heterocycles. The third-order valence-electron chi connectivity index (χ3n) is 4.11. The fourth-order valence-electron chi connectivity index (χ4n) is 2.85. The van der Waals surface area contributed by atoms with Crippen LogP contribution in [-0.4, -0.2) is 53.6 Å². The lowest BCUT2D eigenvalue weighted by atomic mass is 10.00. The van der Waals surface area contributed by atoms with E-state index in [0.29, 0.717) is 6.54 Å². The van der Waals surface area contributed by atoms with Crippen molar-refractivity contribution in [2.75, 3.05) is 19.6 Å². The lowest BCUT2D eigenvalue weighted by molar-refractivity contribution is -0.115. The maximum Gasteiger partial charge on any atom is 0.270 e. The second-order valence-electron chi connectivity index (χ2n) is 6.04. The van der Waals surface area contributed by atoms with E-state index in [2.05, 4.69) is 45.0 Å². The molecular weight excluding hydrogens is 328 g/mol. The third kappa shape index (κ3) is 6.06. The second-order valence-corrected chi connectivity index (χ2v) is 6.04. The van der Waals surface area contributed by atoms with Gasteiger partial charge >= 0.3 is 0 Å². The molecule has 0 aromatic heterocycles. The first-order valence-corrected chi connectivity index (χ1v) is 8.72. The van der Waals surface area contributed by atoms with Crippen molar-refractivity contribution >= 4 is 17.8 Å². The van der Waals surface area contributed by atoms with Gasteiger partial charge in [0.05, 0.1) is 6.10 Å². The van der Waals surface area contributed by atoms with Crippen molar-refractivity contribution in [3.8, 4) is 0 Å². The quantitative estimate of drug-likeness (QED) is 0.698. The van der Waals surface area contributed by atoms with Crippen molar-refractivity contribution in [3.05, 3.63) is 60.4 Å². The van der Waals surface area contributed by atoms with Gasteiger partial charge in [-0.1, -0.05) is 30.8 Å². The number of nitrogens with zero attached hydrogens (tertiary/aromatic N) is 3. The van der Waals surface area contributed by atoms with Crippen molar-refractivity contribution in [1.82, 2.24) is 10.2 Å². The number of rotatable bonds is 8. The Balaban J connectivity index is 1.82. The Morgan fingerprint density at radius 2 is 2.19 bits per heavy atom. The topological polar surface area (TPSA) is 77.3 Å². The summed E-state index contributed by atoms with van der Waals surface area (Å²) in [7, 11) is 0. The summed E-state index contributed by atoms with van der Waals surface area (Å²) >= 11 is 0. The summed E-state index contributed by atoms with van der Waals surface area (Å²) in [5.74, 6) is -0.365. The van der Waals surface area contributed by atoms with Gasteiger partial charge in [-0.05, 0) is 30.5 Å². The van der Waals surface area contributed by atoms with Crippen LogP contribution in [0.3, 0.4) is 0 Å². The number of nitrogens with one attached hydrogen (secondary N) is 1. The smallest absolute Gasteiger partial charge is 0.270 e. The van der Waals surface area contributed by atoms with Crippen LogP contribution in [0.25, 0.3) is 0 Å². The number of fused-ring (bicyclic) bond motifs is 1. The van der Waals surface area contributed by atoms with Crippen molar-refractivity contribution in [2.45, 2.75) is 26.0 Å². The van der Waals surface area contributed by atoms with Gasteiger partial charge < -0.3 is 10.4 Å². The maximum atomic E-state index is 12.2. The summed E-state index contributed by atoms with van der Waals surface area (Å²) < 4.78 is 0. The molecule has 2 rings (SSSR count). The van der Waals surface area contributed by atoms with E-state index in [1.165, 1.54) is 29.6 Å². The van der Waals surface area contributed by atoms with Crippen LogP contribution < -0.4 is 5.32 Å². The van der Waals surface area contributed by atoms with Crippen molar-refractivity contribution < 1.29 is 9.90 Å². The number of aliphatic imine (C=N–C) groups is 2. The molecule has 1 aliphatic rings. The number of carbonyl (C=O) groups is 1. The van der Waals surface area contributed by atoms with Gasteiger partial charge in [0.25, 0.3) is 5.91 Å². The van der Waals surface area contributed by atoms with Gasteiger partial charge in [-0.25, -0.2) is 0 Å². The molecule has 0 fully saturated rings. The molecule has 0 aliphatic carbocycles. The predicted molar refractivity (Wildman–Crippen MR) is 105 cm³/mol. The molecule has 6 heteroatoms. The Morgan fingerprint density at radius 3 is 2.92 bits per heavy atom. The summed E-state index contributed by atoms with van der Waals surface area (Å²) in [6, 6.07) is 8.37. The lowest BCUT2D eigenvalue weighted by Gasteiger charge is -2.30. The Morgan fingerprint density at radius 1 is 1.42 bits per heavy atom. The Bertz CT molecular complexity index is 710. The number of aliphatic hydroxyl groups is 1. The van der Waals surface area contributed by atoms with Crippen LogP contribution in [0.5, 0.6) is 0 Å². The molecule has 26 heavy (non-hydrogen) atoms. The normalized spacial score (nSPS) is 16.6. The van der Waals surface area contributed by atoms with E-state index >= 15 is 0 Å². The lowest BCUT2D eigenvalue weighted by Crippen LogP contribution is -2.43. The zero-order valence-electron chi connectivity index (χ0n) is 15.1. The van der Waals surface area contributed by atoms with Gasteiger partial charge in [0.15, 0.2) is 0 Å². The largest absolute Gasteiger partial charge is 0.390 e. The highest BCUT2D eigenvalue weighted by Crippen LogP contribution is 2.18. The molecule has 1 amide bonds. The molecule has 6 nitrogen and oxygen atoms in total. The van der Waals surface area contributed by atoms with Gasteiger partial charge in [0.2, 0.25) is 0 Å². The average molecular weight is 354 g/mol. The minimum Gasteiger partial charge on any atom is -0.390 e. The SMILES string of the molecule is C=CN=C(/C=C\N=CC)C(=O)NC[C@H](O)CN1CCc2ccccc2C1. The summed E-state index contributed by atoms with van der Waals surface area (Å²) in [4.78, 5) is 22.2. The van der Waals surface area contributed by atoms with Gasteiger partial charge in [-0.3, -0.25) is 19.7 Å². The highest BCUT2D eigenvalue weighted by molar-refractivity contribution is 6.43. The van der Waals surface area contributed by atoms with Crippen LogP contribution in [0.15, 0.2) is 59.3 Å². The van der Waals surface area contributed by atoms with Crippen LogP contribution in [0.1, 0.15) is 18.1 Å². The molecule has 1 heterocycles. The van der Waals surface area contributed by atoms with Crippen molar-refractivity contribution in [1.29, 1.82) is 0 Å². The van der Waals surface area contributed by atoms with E-state index in [-0.39, 0.29) is 18.2 Å². The highest BCUT2D eigenvalue weighted by Gasteiger charge is 2.19. The molecular formula is C20H26N4O2. The van der Waals surface area contributed by atoms with E-state index in [1.54, 1.807) is 13.1 Å². The van der Waals surface area contributed by atoms with Crippen LogP contribution in [0.4, 0.5) is 0 Å². The predicted octanol–water partition coefficient (Wildman–Crippen LogP) is 1.71. The van der Waals surface area contributed by atoms with Gasteiger partial charge in [0.1, 0.15) is 5.71 Å². The van der Waals surface area contributed by atoms with Crippen LogP contribution >= 0.6 is 0 Å². The number of aliphatic hydroxyl groups excluding tert-OH is 1. The molecule has 0 radical (unpaired) electrons. The molecule has 2 N–H and O–H groups in total. The number of benzene rings is 1. The number of amides is 1. The van der Waals surface area contributed by atoms with Crippen LogP contribution in [0, 0.1) is 0 Å². The molecule has 1 atom stereocenters. The minimum atomic E-state index is -0.646. The fraction of sp³-hybridized carbons (Fsp3) is 0.350. The van der Waals surface area contributed by atoms with Crippen LogP contribution in [-0.2, 0) is 17.8 Å². The zero-order valence-corrected chi connectivity index (χ0v) is 15.1. The summed E-state index contributed by atoms with van der Waals surface area (Å²) in [6.45, 7) is 7.69. The average Bonchev–Trinajstić information content (AvgIpc) is 2.65. The first kappa shape index (κ1) is 19.8. The zero-order chi connectivity index (χ0) is 18.8. The Hall–Kier alpha value is -2.57. The van der Waals surface area contributed by atoms with Gasteiger partial charge in [-0.15, -0.1) is 0 Å². The second kappa shape index (κ2) is 10.4. The van der Waals surface area contributed by atoms with E-state index in [0.717, 1.165) is 19.5 Å². The highest BCUT2D eigenvalue weighted by atomic mass is 16.3. The van der Waals surface area contributed by atoms with Crippen molar-refractivity contribution in [3.63, 3.8) is 0 Å². The van der Waals surface area contributed by atoms with E-state index in [4.69, 9.17) is 0 Å². The van der Waals surface area contributed by atoms with E-state index in [9.17, 15) is 9.90 Å². The molecule has 138 valence electrons. The van der Waals surface area contributed by atoms with Gasteiger partial charge in [-0.2, -0.15) is 0 Å². The summed E-state index contributed by atoms with van der Waals surface area (Å²) in [5.41, 5.74) is 2.88. The minimum absolute atomic E-state index is 0.165. The molecule has 0 saturated carbocycles. The molecule has 0 bridgehead atoms. The number of β-amino-alcohol motifs (C(OH)–C–C–N with tert-alkyl or cyclic N) is 1. The molecule has 0 unspecified atom stereocenters.